The Kier molecular flexibility index (Phi) is 6.70. The number of benzene rings is 1. The van der Waals surface area contributed by atoms with E-state index in [1.54, 1.807) is 19.3 Å². The van der Waals surface area contributed by atoms with E-state index in [9.17, 15) is 9.59 Å². The van der Waals surface area contributed by atoms with Gasteiger partial charge in [0.05, 0.1) is 36.2 Å². The van der Waals surface area contributed by atoms with Gasteiger partial charge in [-0.05, 0) is 58.4 Å². The lowest BCUT2D eigenvalue weighted by Crippen LogP contribution is -2.31. The smallest absolute Gasteiger partial charge is 0.293 e. The van der Waals surface area contributed by atoms with E-state index in [0.717, 1.165) is 17.3 Å². The molecule has 2 rings (SSSR count). The number of amides is 2. The van der Waals surface area contributed by atoms with Gasteiger partial charge in [0.2, 0.25) is 0 Å². The van der Waals surface area contributed by atoms with Crippen molar-refractivity contribution in [2.24, 2.45) is 0 Å². The number of ether oxygens (including phenoxy) is 3. The van der Waals surface area contributed by atoms with Gasteiger partial charge < -0.3 is 14.2 Å². The predicted molar refractivity (Wildman–Crippen MR) is 96.4 cm³/mol. The SMILES string of the molecule is CCOc1c(Br)cc(/C=C2/SC(=O)N(CCOC)C2=O)cc1OC. The van der Waals surface area contributed by atoms with Crippen LogP contribution in [0.25, 0.3) is 6.08 Å². The third kappa shape index (κ3) is 4.12. The number of thioether (sulfide) groups is 1. The first-order chi connectivity index (χ1) is 11.5. The van der Waals surface area contributed by atoms with Gasteiger partial charge >= 0.3 is 0 Å². The van der Waals surface area contributed by atoms with E-state index in [2.05, 4.69) is 15.9 Å². The number of hydrogen-bond donors (Lipinski definition) is 0. The topological polar surface area (TPSA) is 65.1 Å². The standard InChI is InChI=1S/C16H18BrNO5S/c1-4-23-14-11(17)7-10(8-12(14)22-3)9-13-15(19)18(5-6-21-2)16(20)24-13/h7-9H,4-6H2,1-3H3/b13-9+. The normalized spacial score (nSPS) is 16.2. The summed E-state index contributed by atoms with van der Waals surface area (Å²) in [6.45, 7) is 2.95. The molecule has 1 aromatic carbocycles. The van der Waals surface area contributed by atoms with Crippen LogP contribution in [0.5, 0.6) is 11.5 Å². The van der Waals surface area contributed by atoms with Crippen molar-refractivity contribution in [1.29, 1.82) is 0 Å². The lowest BCUT2D eigenvalue weighted by atomic mass is 10.2. The fourth-order valence-electron chi connectivity index (χ4n) is 2.13. The summed E-state index contributed by atoms with van der Waals surface area (Å²) in [7, 11) is 3.07. The van der Waals surface area contributed by atoms with Crippen molar-refractivity contribution in [3.8, 4) is 11.5 Å². The van der Waals surface area contributed by atoms with Gasteiger partial charge in [0.1, 0.15) is 0 Å². The summed E-state index contributed by atoms with van der Waals surface area (Å²) in [5.41, 5.74) is 0.736. The molecule has 0 atom stereocenters. The van der Waals surface area contributed by atoms with Crippen molar-refractivity contribution in [1.82, 2.24) is 4.90 Å². The number of nitrogens with zero attached hydrogens (tertiary/aromatic N) is 1. The molecule has 24 heavy (non-hydrogen) atoms. The Morgan fingerprint density at radius 1 is 1.29 bits per heavy atom. The fourth-order valence-corrected chi connectivity index (χ4v) is 3.57. The van der Waals surface area contributed by atoms with Crippen LogP contribution in [0.1, 0.15) is 12.5 Å². The molecule has 8 heteroatoms. The van der Waals surface area contributed by atoms with Crippen LogP contribution in [-0.4, -0.2) is 50.0 Å². The monoisotopic (exact) mass is 415 g/mol. The molecule has 0 spiro atoms. The lowest BCUT2D eigenvalue weighted by molar-refractivity contribution is -0.123. The molecule has 1 aromatic rings. The van der Waals surface area contributed by atoms with Crippen LogP contribution in [0.2, 0.25) is 0 Å². The van der Waals surface area contributed by atoms with Crippen LogP contribution in [0.3, 0.4) is 0 Å². The minimum absolute atomic E-state index is 0.245. The molecule has 1 heterocycles. The molecule has 130 valence electrons. The minimum Gasteiger partial charge on any atom is -0.493 e. The van der Waals surface area contributed by atoms with Crippen molar-refractivity contribution in [2.45, 2.75) is 6.92 Å². The van der Waals surface area contributed by atoms with E-state index in [1.807, 2.05) is 13.0 Å². The zero-order valence-corrected chi connectivity index (χ0v) is 16.0. The molecule has 0 aliphatic carbocycles. The molecule has 1 aliphatic rings. The molecular formula is C16H18BrNO5S. The van der Waals surface area contributed by atoms with Gasteiger partial charge in [-0.2, -0.15) is 0 Å². The highest BCUT2D eigenvalue weighted by Gasteiger charge is 2.34. The molecule has 0 N–H and O–H groups in total. The molecule has 0 unspecified atom stereocenters. The van der Waals surface area contributed by atoms with Crippen LogP contribution in [0, 0.1) is 0 Å². The molecule has 0 saturated carbocycles. The summed E-state index contributed by atoms with van der Waals surface area (Å²) in [6.07, 6.45) is 1.67. The zero-order chi connectivity index (χ0) is 17.7. The van der Waals surface area contributed by atoms with Crippen LogP contribution in [0.15, 0.2) is 21.5 Å². The molecule has 6 nitrogen and oxygen atoms in total. The highest BCUT2D eigenvalue weighted by molar-refractivity contribution is 9.10. The van der Waals surface area contributed by atoms with Crippen molar-refractivity contribution >= 4 is 44.9 Å². The molecule has 2 amide bonds. The van der Waals surface area contributed by atoms with Crippen molar-refractivity contribution < 1.29 is 23.8 Å². The largest absolute Gasteiger partial charge is 0.493 e. The average molecular weight is 416 g/mol. The number of methoxy groups -OCH3 is 2. The Labute approximate surface area is 153 Å². The third-order valence-electron chi connectivity index (χ3n) is 3.23. The van der Waals surface area contributed by atoms with E-state index >= 15 is 0 Å². The second kappa shape index (κ2) is 8.55. The Balaban J connectivity index is 2.30. The van der Waals surface area contributed by atoms with Crippen LogP contribution < -0.4 is 9.47 Å². The summed E-state index contributed by atoms with van der Waals surface area (Å²) in [4.78, 5) is 25.8. The highest BCUT2D eigenvalue weighted by Crippen LogP contribution is 2.39. The van der Waals surface area contributed by atoms with Crippen molar-refractivity contribution in [2.75, 3.05) is 34.0 Å². The fraction of sp³-hybridized carbons (Fsp3) is 0.375. The Morgan fingerprint density at radius 3 is 2.67 bits per heavy atom. The van der Waals surface area contributed by atoms with Gasteiger partial charge in [-0.25, -0.2) is 0 Å². The number of rotatable bonds is 7. The Hall–Kier alpha value is -1.51. The van der Waals surface area contributed by atoms with E-state index < -0.39 is 0 Å². The number of hydrogen-bond acceptors (Lipinski definition) is 6. The van der Waals surface area contributed by atoms with Crippen molar-refractivity contribution in [3.05, 3.63) is 27.1 Å². The molecule has 0 bridgehead atoms. The van der Waals surface area contributed by atoms with Crippen molar-refractivity contribution in [3.63, 3.8) is 0 Å². The summed E-state index contributed by atoms with van der Waals surface area (Å²) in [6, 6.07) is 3.58. The van der Waals surface area contributed by atoms with Crippen LogP contribution in [0.4, 0.5) is 4.79 Å². The predicted octanol–water partition coefficient (Wildman–Crippen LogP) is 3.54. The molecular weight excluding hydrogens is 398 g/mol. The van der Waals surface area contributed by atoms with Crippen LogP contribution in [-0.2, 0) is 9.53 Å². The number of carbonyl (C=O) groups is 2. The lowest BCUT2D eigenvalue weighted by Gasteiger charge is -2.12. The molecule has 0 radical (unpaired) electrons. The summed E-state index contributed by atoms with van der Waals surface area (Å²) >= 11 is 4.36. The first-order valence-electron chi connectivity index (χ1n) is 7.26. The van der Waals surface area contributed by atoms with Gasteiger partial charge in [-0.3, -0.25) is 14.5 Å². The highest BCUT2D eigenvalue weighted by atomic mass is 79.9. The molecule has 0 aromatic heterocycles. The summed E-state index contributed by atoms with van der Waals surface area (Å²) in [5.74, 6) is 0.840. The zero-order valence-electron chi connectivity index (χ0n) is 13.6. The maximum absolute atomic E-state index is 12.3. The van der Waals surface area contributed by atoms with E-state index in [1.165, 1.54) is 12.0 Å². The number of halogens is 1. The third-order valence-corrected chi connectivity index (χ3v) is 4.73. The summed E-state index contributed by atoms with van der Waals surface area (Å²) in [5, 5.41) is -0.291. The van der Waals surface area contributed by atoms with E-state index in [0.29, 0.717) is 34.1 Å². The second-order valence-electron chi connectivity index (χ2n) is 4.79. The maximum Gasteiger partial charge on any atom is 0.293 e. The molecule has 1 aliphatic heterocycles. The van der Waals surface area contributed by atoms with E-state index in [4.69, 9.17) is 14.2 Å². The molecule has 1 saturated heterocycles. The number of imide groups is 1. The quantitative estimate of drug-likeness (QED) is 0.634. The van der Waals surface area contributed by atoms with Gasteiger partial charge in [-0.1, -0.05) is 0 Å². The average Bonchev–Trinajstić information content (AvgIpc) is 2.81. The minimum atomic E-state index is -0.314. The maximum atomic E-state index is 12.3. The first-order valence-corrected chi connectivity index (χ1v) is 8.87. The van der Waals surface area contributed by atoms with Gasteiger partial charge in [-0.15, -0.1) is 0 Å². The number of carbonyl (C=O) groups excluding carboxylic acids is 2. The Bertz CT molecular complexity index is 677. The van der Waals surface area contributed by atoms with Gasteiger partial charge in [0, 0.05) is 7.11 Å². The second-order valence-corrected chi connectivity index (χ2v) is 6.64. The van der Waals surface area contributed by atoms with Crippen LogP contribution >= 0.6 is 27.7 Å². The molecule has 1 fully saturated rings. The first kappa shape index (κ1) is 18.8. The Morgan fingerprint density at radius 2 is 2.04 bits per heavy atom. The van der Waals surface area contributed by atoms with Gasteiger partial charge in [0.15, 0.2) is 11.5 Å². The summed E-state index contributed by atoms with van der Waals surface area (Å²) < 4.78 is 16.5. The van der Waals surface area contributed by atoms with Gasteiger partial charge in [0.25, 0.3) is 11.1 Å². The van der Waals surface area contributed by atoms with E-state index in [-0.39, 0.29) is 17.7 Å².